The second kappa shape index (κ2) is 4.44. The number of fused-ring (bicyclic) bond motifs is 1. The lowest BCUT2D eigenvalue weighted by molar-refractivity contribution is 0.0601. The van der Waals surface area contributed by atoms with Crippen molar-refractivity contribution in [3.63, 3.8) is 0 Å². The third kappa shape index (κ3) is 1.78. The van der Waals surface area contributed by atoms with E-state index < -0.39 is 5.97 Å². The molecule has 0 unspecified atom stereocenters. The molecule has 0 atom stereocenters. The van der Waals surface area contributed by atoms with Gasteiger partial charge in [-0.3, -0.25) is 0 Å². The van der Waals surface area contributed by atoms with Crippen LogP contribution in [0.2, 0.25) is 0 Å². The number of rotatable bonds is 2. The Hall–Kier alpha value is -1.84. The van der Waals surface area contributed by atoms with Crippen molar-refractivity contribution in [2.24, 2.45) is 0 Å². The number of benzene rings is 1. The average molecular weight is 249 g/mol. The molecule has 0 fully saturated rings. The van der Waals surface area contributed by atoms with Crippen LogP contribution >= 0.6 is 0 Å². The Labute approximate surface area is 105 Å². The smallest absolute Gasteiger partial charge is 0.340 e. The molecular formula is C14H16FNO2. The van der Waals surface area contributed by atoms with Crippen molar-refractivity contribution in [2.75, 3.05) is 7.11 Å². The fourth-order valence-electron chi connectivity index (χ4n) is 2.15. The van der Waals surface area contributed by atoms with Crippen molar-refractivity contribution in [1.82, 2.24) is 4.98 Å². The largest absolute Gasteiger partial charge is 0.465 e. The molecule has 1 aromatic heterocycles. The lowest BCUT2D eigenvalue weighted by Crippen LogP contribution is -2.05. The molecule has 96 valence electrons. The number of halogens is 1. The minimum Gasteiger partial charge on any atom is -0.465 e. The summed E-state index contributed by atoms with van der Waals surface area (Å²) in [5.41, 5.74) is 2.47. The zero-order chi connectivity index (χ0) is 13.4. The first-order valence-corrected chi connectivity index (χ1v) is 5.86. The van der Waals surface area contributed by atoms with E-state index in [1.807, 2.05) is 13.8 Å². The maximum absolute atomic E-state index is 13.5. The number of H-pyrrole nitrogens is 1. The molecule has 0 amide bonds. The van der Waals surface area contributed by atoms with Gasteiger partial charge in [-0.25, -0.2) is 9.18 Å². The van der Waals surface area contributed by atoms with Crippen molar-refractivity contribution in [3.05, 3.63) is 34.8 Å². The number of hydrogen-bond donors (Lipinski definition) is 1. The van der Waals surface area contributed by atoms with Crippen LogP contribution in [0.4, 0.5) is 4.39 Å². The molecule has 0 aliphatic carbocycles. The normalized spacial score (nSPS) is 11.2. The second-order valence-electron chi connectivity index (χ2n) is 4.65. The van der Waals surface area contributed by atoms with Crippen LogP contribution in [-0.4, -0.2) is 18.1 Å². The highest BCUT2D eigenvalue weighted by Crippen LogP contribution is 2.30. The average Bonchev–Trinajstić information content (AvgIpc) is 2.73. The third-order valence-corrected chi connectivity index (χ3v) is 3.16. The second-order valence-corrected chi connectivity index (χ2v) is 4.65. The quantitative estimate of drug-likeness (QED) is 0.827. The van der Waals surface area contributed by atoms with Crippen molar-refractivity contribution in [2.45, 2.75) is 26.7 Å². The van der Waals surface area contributed by atoms with Gasteiger partial charge in [-0.2, -0.15) is 0 Å². The molecule has 0 aliphatic rings. The number of aryl methyl sites for hydroxylation is 1. The Morgan fingerprint density at radius 1 is 1.39 bits per heavy atom. The minimum atomic E-state index is -0.393. The Kier molecular flexibility index (Phi) is 3.11. The van der Waals surface area contributed by atoms with Crippen molar-refractivity contribution in [1.29, 1.82) is 0 Å². The van der Waals surface area contributed by atoms with Gasteiger partial charge in [-0.1, -0.05) is 13.8 Å². The van der Waals surface area contributed by atoms with E-state index in [1.54, 1.807) is 13.0 Å². The minimum absolute atomic E-state index is 0.133. The fraction of sp³-hybridized carbons (Fsp3) is 0.357. The van der Waals surface area contributed by atoms with E-state index in [-0.39, 0.29) is 11.7 Å². The first-order chi connectivity index (χ1) is 8.47. The maximum atomic E-state index is 13.5. The maximum Gasteiger partial charge on any atom is 0.340 e. The molecular weight excluding hydrogens is 233 g/mol. The molecule has 1 heterocycles. The van der Waals surface area contributed by atoms with Gasteiger partial charge in [-0.05, 0) is 25.0 Å². The number of nitrogens with one attached hydrogen (secondary N) is 1. The van der Waals surface area contributed by atoms with Gasteiger partial charge in [0.2, 0.25) is 0 Å². The van der Waals surface area contributed by atoms with E-state index in [0.29, 0.717) is 22.0 Å². The molecule has 0 spiro atoms. The van der Waals surface area contributed by atoms with Gasteiger partial charge in [-0.15, -0.1) is 0 Å². The van der Waals surface area contributed by atoms with Crippen molar-refractivity contribution >= 4 is 16.9 Å². The van der Waals surface area contributed by atoms with Crippen LogP contribution in [0.25, 0.3) is 10.9 Å². The lowest BCUT2D eigenvalue weighted by Gasteiger charge is -2.05. The van der Waals surface area contributed by atoms with Crippen molar-refractivity contribution in [3.8, 4) is 0 Å². The monoisotopic (exact) mass is 249 g/mol. The Morgan fingerprint density at radius 2 is 2.06 bits per heavy atom. The van der Waals surface area contributed by atoms with Gasteiger partial charge in [0, 0.05) is 16.6 Å². The van der Waals surface area contributed by atoms with Gasteiger partial charge in [0.15, 0.2) is 0 Å². The van der Waals surface area contributed by atoms with Gasteiger partial charge in [0.05, 0.1) is 18.2 Å². The molecule has 0 bridgehead atoms. The predicted molar refractivity (Wildman–Crippen MR) is 68.4 cm³/mol. The summed E-state index contributed by atoms with van der Waals surface area (Å²) in [4.78, 5) is 15.0. The number of carbonyl (C=O) groups excluding carboxylic acids is 1. The molecule has 4 heteroatoms. The van der Waals surface area contributed by atoms with E-state index in [1.165, 1.54) is 13.2 Å². The molecule has 3 nitrogen and oxygen atoms in total. The number of aromatic nitrogens is 1. The van der Waals surface area contributed by atoms with Crippen LogP contribution in [-0.2, 0) is 4.74 Å². The summed E-state index contributed by atoms with van der Waals surface area (Å²) in [6.07, 6.45) is 0. The molecule has 2 aromatic rings. The first-order valence-electron chi connectivity index (χ1n) is 5.86. The number of methoxy groups -OCH3 is 1. The number of hydrogen-bond acceptors (Lipinski definition) is 2. The van der Waals surface area contributed by atoms with E-state index in [2.05, 4.69) is 4.98 Å². The summed E-state index contributed by atoms with van der Waals surface area (Å²) >= 11 is 0. The molecule has 1 N–H and O–H groups in total. The number of aromatic amines is 1. The molecule has 18 heavy (non-hydrogen) atoms. The van der Waals surface area contributed by atoms with E-state index in [9.17, 15) is 9.18 Å². The fourth-order valence-corrected chi connectivity index (χ4v) is 2.15. The van der Waals surface area contributed by atoms with Gasteiger partial charge in [0.1, 0.15) is 5.82 Å². The van der Waals surface area contributed by atoms with Crippen LogP contribution in [0, 0.1) is 12.7 Å². The van der Waals surface area contributed by atoms with Gasteiger partial charge < -0.3 is 9.72 Å². The lowest BCUT2D eigenvalue weighted by atomic mass is 10.0. The zero-order valence-corrected chi connectivity index (χ0v) is 10.9. The highest BCUT2D eigenvalue weighted by atomic mass is 19.1. The highest BCUT2D eigenvalue weighted by Gasteiger charge is 2.22. The Balaban J connectivity index is 2.84. The molecule has 0 aliphatic heterocycles. The van der Waals surface area contributed by atoms with Crippen LogP contribution < -0.4 is 0 Å². The predicted octanol–water partition coefficient (Wildman–Crippen LogP) is 3.53. The SMILES string of the molecule is COC(=O)c1c(C(C)C)[nH]c2c(C)c(F)ccc12. The Bertz CT molecular complexity index is 614. The standard InChI is InChI=1S/C14H16FNO2/c1-7(2)12-11(14(17)18-4)9-5-6-10(15)8(3)13(9)16-12/h5-7,16H,1-4H3. The Morgan fingerprint density at radius 3 is 2.61 bits per heavy atom. The number of carbonyl (C=O) groups is 1. The molecule has 1 aromatic carbocycles. The molecule has 0 saturated heterocycles. The van der Waals surface area contributed by atoms with E-state index in [0.717, 1.165) is 5.69 Å². The number of ether oxygens (including phenoxy) is 1. The summed E-state index contributed by atoms with van der Waals surface area (Å²) in [7, 11) is 1.35. The third-order valence-electron chi connectivity index (χ3n) is 3.16. The summed E-state index contributed by atoms with van der Waals surface area (Å²) in [5, 5.41) is 0.712. The van der Waals surface area contributed by atoms with E-state index in [4.69, 9.17) is 4.74 Å². The number of esters is 1. The summed E-state index contributed by atoms with van der Waals surface area (Å²) in [6, 6.07) is 2.99. The van der Waals surface area contributed by atoms with Crippen LogP contribution in [0.5, 0.6) is 0 Å². The van der Waals surface area contributed by atoms with Gasteiger partial charge in [0.25, 0.3) is 0 Å². The summed E-state index contributed by atoms with van der Waals surface area (Å²) in [6.45, 7) is 5.64. The van der Waals surface area contributed by atoms with Crippen LogP contribution in [0.15, 0.2) is 12.1 Å². The first kappa shape index (κ1) is 12.6. The topological polar surface area (TPSA) is 42.1 Å². The van der Waals surface area contributed by atoms with Gasteiger partial charge >= 0.3 is 5.97 Å². The molecule has 0 radical (unpaired) electrons. The van der Waals surface area contributed by atoms with E-state index >= 15 is 0 Å². The summed E-state index contributed by atoms with van der Waals surface area (Å²) < 4.78 is 18.3. The van der Waals surface area contributed by atoms with Crippen LogP contribution in [0.3, 0.4) is 0 Å². The van der Waals surface area contributed by atoms with Crippen molar-refractivity contribution < 1.29 is 13.9 Å². The highest BCUT2D eigenvalue weighted by molar-refractivity contribution is 6.06. The molecule has 2 rings (SSSR count). The summed E-state index contributed by atoms with van der Waals surface area (Å²) in [5.74, 6) is -0.541. The zero-order valence-electron chi connectivity index (χ0n) is 10.9. The van der Waals surface area contributed by atoms with Crippen LogP contribution in [0.1, 0.15) is 41.4 Å². The molecule has 0 saturated carbocycles.